The molecular formula is C15H18N2O2. The van der Waals surface area contributed by atoms with Gasteiger partial charge in [-0.2, -0.15) is 5.10 Å². The fourth-order valence-electron chi connectivity index (χ4n) is 1.96. The van der Waals surface area contributed by atoms with Gasteiger partial charge in [-0.1, -0.05) is 12.2 Å². The maximum Gasteiger partial charge on any atom is 0.271 e. The number of benzene rings is 1. The van der Waals surface area contributed by atoms with Crippen LogP contribution in [0.2, 0.25) is 0 Å². The van der Waals surface area contributed by atoms with Crippen LogP contribution in [0.25, 0.3) is 0 Å². The monoisotopic (exact) mass is 258 g/mol. The van der Waals surface area contributed by atoms with Gasteiger partial charge < -0.3 is 4.74 Å². The minimum atomic E-state index is -0.203. The van der Waals surface area contributed by atoms with Crippen molar-refractivity contribution in [2.24, 2.45) is 11.0 Å². The number of hydrogen-bond acceptors (Lipinski definition) is 3. The highest BCUT2D eigenvalue weighted by atomic mass is 16.5. The molecule has 0 heterocycles. The van der Waals surface area contributed by atoms with Gasteiger partial charge in [0.25, 0.3) is 5.91 Å². The number of allylic oxidation sites excluding steroid dienone is 2. The molecule has 1 aromatic rings. The van der Waals surface area contributed by atoms with Crippen molar-refractivity contribution >= 4 is 12.1 Å². The minimum absolute atomic E-state index is 0.203. The molecule has 0 radical (unpaired) electrons. The van der Waals surface area contributed by atoms with E-state index < -0.39 is 0 Å². The Morgan fingerprint density at radius 3 is 2.79 bits per heavy atom. The number of nitrogens with zero attached hydrogens (tertiary/aromatic N) is 1. The van der Waals surface area contributed by atoms with Gasteiger partial charge in [0.1, 0.15) is 5.75 Å². The van der Waals surface area contributed by atoms with E-state index in [0.717, 1.165) is 25.0 Å². The van der Waals surface area contributed by atoms with E-state index in [1.54, 1.807) is 31.4 Å². The number of carbonyl (C=O) groups is 1. The second-order valence-electron chi connectivity index (χ2n) is 4.49. The first-order chi connectivity index (χ1) is 9.29. The molecule has 100 valence electrons. The summed E-state index contributed by atoms with van der Waals surface area (Å²) in [6, 6.07) is 6.94. The van der Waals surface area contributed by atoms with E-state index in [-0.39, 0.29) is 5.91 Å². The van der Waals surface area contributed by atoms with E-state index >= 15 is 0 Å². The molecule has 0 aromatic heterocycles. The van der Waals surface area contributed by atoms with Crippen LogP contribution in [-0.4, -0.2) is 19.2 Å². The number of amides is 1. The summed E-state index contributed by atoms with van der Waals surface area (Å²) in [6.45, 7) is 0. The van der Waals surface area contributed by atoms with Gasteiger partial charge in [-0.15, -0.1) is 0 Å². The van der Waals surface area contributed by atoms with Gasteiger partial charge in [0.15, 0.2) is 0 Å². The third-order valence-corrected chi connectivity index (χ3v) is 3.11. The molecule has 1 atom stereocenters. The maximum atomic E-state index is 11.8. The Kier molecular flexibility index (Phi) is 4.72. The average molecular weight is 258 g/mol. The van der Waals surface area contributed by atoms with Crippen LogP contribution in [0.3, 0.4) is 0 Å². The highest BCUT2D eigenvalue weighted by Gasteiger charge is 2.07. The first-order valence-corrected chi connectivity index (χ1v) is 6.42. The van der Waals surface area contributed by atoms with Crippen molar-refractivity contribution in [3.8, 4) is 5.75 Å². The van der Waals surface area contributed by atoms with Crippen LogP contribution in [0.15, 0.2) is 41.5 Å². The second kappa shape index (κ2) is 6.73. The van der Waals surface area contributed by atoms with Gasteiger partial charge in [-0.05, 0) is 49.4 Å². The fraction of sp³-hybridized carbons (Fsp3) is 0.333. The Morgan fingerprint density at radius 2 is 2.16 bits per heavy atom. The molecular weight excluding hydrogens is 240 g/mol. The number of methoxy groups -OCH3 is 1. The normalized spacial score (nSPS) is 18.5. The number of nitrogens with one attached hydrogen (secondary N) is 1. The summed E-state index contributed by atoms with van der Waals surface area (Å²) in [5, 5.41) is 4.02. The Hall–Kier alpha value is -2.10. The Bertz CT molecular complexity index is 477. The standard InChI is InChI=1S/C15H18N2O2/c1-19-14-9-7-13(8-10-14)15(18)17-16-11-12-5-3-2-4-6-12/h2-3,7-12H,4-6H2,1H3,(H,17,18). The lowest BCUT2D eigenvalue weighted by atomic mass is 9.96. The van der Waals surface area contributed by atoms with Crippen LogP contribution < -0.4 is 10.2 Å². The molecule has 0 bridgehead atoms. The summed E-state index contributed by atoms with van der Waals surface area (Å²) in [7, 11) is 1.60. The summed E-state index contributed by atoms with van der Waals surface area (Å²) in [6.07, 6.45) is 9.35. The summed E-state index contributed by atoms with van der Waals surface area (Å²) in [5.74, 6) is 0.959. The van der Waals surface area contributed by atoms with Crippen molar-refractivity contribution in [3.63, 3.8) is 0 Å². The lowest BCUT2D eigenvalue weighted by Gasteiger charge is -2.11. The molecule has 0 aliphatic heterocycles. The fourth-order valence-corrected chi connectivity index (χ4v) is 1.96. The number of ether oxygens (including phenoxy) is 1. The predicted molar refractivity (Wildman–Crippen MR) is 75.4 cm³/mol. The third-order valence-electron chi connectivity index (χ3n) is 3.11. The first-order valence-electron chi connectivity index (χ1n) is 6.42. The Morgan fingerprint density at radius 1 is 1.37 bits per heavy atom. The van der Waals surface area contributed by atoms with Crippen molar-refractivity contribution in [2.45, 2.75) is 19.3 Å². The van der Waals surface area contributed by atoms with Crippen molar-refractivity contribution in [2.75, 3.05) is 7.11 Å². The smallest absolute Gasteiger partial charge is 0.271 e. The molecule has 1 amide bonds. The van der Waals surface area contributed by atoms with Gasteiger partial charge in [0, 0.05) is 11.8 Å². The van der Waals surface area contributed by atoms with Crippen LogP contribution in [0.4, 0.5) is 0 Å². The van der Waals surface area contributed by atoms with Crippen LogP contribution in [0, 0.1) is 5.92 Å². The predicted octanol–water partition coefficient (Wildman–Crippen LogP) is 2.77. The SMILES string of the molecule is COc1ccc(C(=O)NN=CC2CC=CCC2)cc1. The molecule has 0 fully saturated rings. The molecule has 19 heavy (non-hydrogen) atoms. The minimum Gasteiger partial charge on any atom is -0.497 e. The zero-order valence-corrected chi connectivity index (χ0v) is 11.0. The summed E-state index contributed by atoms with van der Waals surface area (Å²) < 4.78 is 5.04. The molecule has 2 rings (SSSR count). The van der Waals surface area contributed by atoms with Crippen molar-refractivity contribution in [1.29, 1.82) is 0 Å². The zero-order valence-electron chi connectivity index (χ0n) is 11.0. The van der Waals surface area contributed by atoms with Gasteiger partial charge in [0.05, 0.1) is 7.11 Å². The molecule has 1 N–H and O–H groups in total. The quantitative estimate of drug-likeness (QED) is 0.513. The molecule has 1 aliphatic carbocycles. The molecule has 1 unspecified atom stereocenters. The number of hydrazone groups is 1. The Labute approximate surface area is 113 Å². The lowest BCUT2D eigenvalue weighted by molar-refractivity contribution is 0.0955. The van der Waals surface area contributed by atoms with Gasteiger partial charge in [0.2, 0.25) is 0 Å². The van der Waals surface area contributed by atoms with Crippen molar-refractivity contribution < 1.29 is 9.53 Å². The van der Waals surface area contributed by atoms with E-state index in [4.69, 9.17) is 4.74 Å². The third kappa shape index (κ3) is 3.95. The van der Waals surface area contributed by atoms with Crippen LogP contribution in [0.1, 0.15) is 29.6 Å². The van der Waals surface area contributed by atoms with E-state index in [1.807, 2.05) is 6.21 Å². The topological polar surface area (TPSA) is 50.7 Å². The maximum absolute atomic E-state index is 11.8. The van der Waals surface area contributed by atoms with Crippen molar-refractivity contribution in [1.82, 2.24) is 5.43 Å². The van der Waals surface area contributed by atoms with Crippen LogP contribution >= 0.6 is 0 Å². The number of carbonyl (C=O) groups excluding carboxylic acids is 1. The highest BCUT2D eigenvalue weighted by molar-refractivity contribution is 5.94. The molecule has 4 heteroatoms. The zero-order chi connectivity index (χ0) is 13.5. The van der Waals surface area contributed by atoms with E-state index in [9.17, 15) is 4.79 Å². The number of rotatable bonds is 4. The molecule has 0 spiro atoms. The summed E-state index contributed by atoms with van der Waals surface area (Å²) >= 11 is 0. The summed E-state index contributed by atoms with van der Waals surface area (Å²) in [5.41, 5.74) is 3.12. The van der Waals surface area contributed by atoms with E-state index in [1.165, 1.54) is 0 Å². The highest BCUT2D eigenvalue weighted by Crippen LogP contribution is 2.15. The van der Waals surface area contributed by atoms with Gasteiger partial charge in [-0.25, -0.2) is 5.43 Å². The molecule has 4 nitrogen and oxygen atoms in total. The molecule has 0 saturated heterocycles. The average Bonchev–Trinajstić information content (AvgIpc) is 2.48. The summed E-state index contributed by atoms with van der Waals surface area (Å²) in [4.78, 5) is 11.8. The van der Waals surface area contributed by atoms with E-state index in [2.05, 4.69) is 22.7 Å². The van der Waals surface area contributed by atoms with Crippen molar-refractivity contribution in [3.05, 3.63) is 42.0 Å². The number of hydrogen-bond donors (Lipinski definition) is 1. The Balaban J connectivity index is 1.86. The lowest BCUT2D eigenvalue weighted by Crippen LogP contribution is -2.18. The van der Waals surface area contributed by atoms with Crippen LogP contribution in [0.5, 0.6) is 5.75 Å². The molecule has 1 aliphatic rings. The van der Waals surface area contributed by atoms with E-state index in [0.29, 0.717) is 11.5 Å². The molecule has 0 saturated carbocycles. The van der Waals surface area contributed by atoms with Gasteiger partial charge in [-0.3, -0.25) is 4.79 Å². The molecule has 1 aromatic carbocycles. The first kappa shape index (κ1) is 13.3. The van der Waals surface area contributed by atoms with Crippen LogP contribution in [-0.2, 0) is 0 Å². The van der Waals surface area contributed by atoms with Gasteiger partial charge >= 0.3 is 0 Å². The largest absolute Gasteiger partial charge is 0.497 e. The second-order valence-corrected chi connectivity index (χ2v) is 4.49.